The van der Waals surface area contributed by atoms with Crippen molar-refractivity contribution in [2.45, 2.75) is 0 Å². The van der Waals surface area contributed by atoms with E-state index in [0.717, 1.165) is 10.5 Å². The molecule has 1 aliphatic heterocycles. The number of hydrogen-bond donors (Lipinski definition) is 1. The summed E-state index contributed by atoms with van der Waals surface area (Å²) in [6, 6.07) is 9.14. The Hall–Kier alpha value is -3.01. The van der Waals surface area contributed by atoms with Crippen molar-refractivity contribution < 1.29 is 26.7 Å². The van der Waals surface area contributed by atoms with Gasteiger partial charge in [0.1, 0.15) is 5.69 Å². The van der Waals surface area contributed by atoms with Crippen molar-refractivity contribution in [3.05, 3.63) is 71.1 Å². The fourth-order valence-corrected chi connectivity index (χ4v) is 3.25. The van der Waals surface area contributed by atoms with Gasteiger partial charge in [-0.1, -0.05) is 30.3 Å². The minimum atomic E-state index is -2.19. The molecule has 0 spiro atoms. The molecule has 0 bridgehead atoms. The van der Waals surface area contributed by atoms with Crippen molar-refractivity contribution in [3.63, 3.8) is 0 Å². The van der Waals surface area contributed by atoms with Crippen molar-refractivity contribution in [1.82, 2.24) is 10.2 Å². The van der Waals surface area contributed by atoms with Crippen molar-refractivity contribution in [1.29, 1.82) is 0 Å². The van der Waals surface area contributed by atoms with Gasteiger partial charge in [0, 0.05) is 32.3 Å². The van der Waals surface area contributed by atoms with Crippen LogP contribution in [0.3, 0.4) is 0 Å². The summed E-state index contributed by atoms with van der Waals surface area (Å²) in [5.74, 6) is -10.4. The van der Waals surface area contributed by atoms with E-state index in [2.05, 4.69) is 5.32 Å². The zero-order chi connectivity index (χ0) is 21.8. The average molecular weight is 441 g/mol. The molecule has 2 aromatic rings. The number of amides is 1. The summed E-state index contributed by atoms with van der Waals surface area (Å²) in [5.41, 5.74) is -0.137. The van der Waals surface area contributed by atoms with E-state index in [1.165, 1.54) is 6.08 Å². The smallest absolute Gasteiger partial charge is 0.250 e. The Morgan fingerprint density at radius 1 is 0.867 bits per heavy atom. The van der Waals surface area contributed by atoms with E-state index >= 15 is 0 Å². The van der Waals surface area contributed by atoms with E-state index in [9.17, 15) is 26.7 Å². The van der Waals surface area contributed by atoms with Gasteiger partial charge in [0.25, 0.3) is 0 Å². The van der Waals surface area contributed by atoms with Crippen molar-refractivity contribution in [2.24, 2.45) is 0 Å². The minimum absolute atomic E-state index is 0.0474. The highest BCUT2D eigenvalue weighted by molar-refractivity contribution is 7.80. The van der Waals surface area contributed by atoms with Crippen LogP contribution < -0.4 is 10.2 Å². The third kappa shape index (κ3) is 4.59. The number of carbonyl (C=O) groups excluding carboxylic acids is 1. The van der Waals surface area contributed by atoms with Crippen LogP contribution in [0.5, 0.6) is 0 Å². The van der Waals surface area contributed by atoms with Gasteiger partial charge < -0.3 is 9.80 Å². The largest absolute Gasteiger partial charge is 0.363 e. The van der Waals surface area contributed by atoms with E-state index in [4.69, 9.17) is 12.2 Å². The van der Waals surface area contributed by atoms with Crippen LogP contribution in [0.2, 0.25) is 0 Å². The molecule has 0 saturated carbocycles. The lowest BCUT2D eigenvalue weighted by atomic mass is 10.2. The molecule has 1 saturated heterocycles. The fraction of sp³-hybridized carbons (Fsp3) is 0.200. The van der Waals surface area contributed by atoms with Gasteiger partial charge >= 0.3 is 0 Å². The second-order valence-corrected chi connectivity index (χ2v) is 6.82. The third-order valence-corrected chi connectivity index (χ3v) is 4.89. The molecule has 0 atom stereocenters. The van der Waals surface area contributed by atoms with Crippen molar-refractivity contribution in [2.75, 3.05) is 31.1 Å². The normalized spacial score (nSPS) is 14.3. The fourth-order valence-electron chi connectivity index (χ4n) is 2.97. The maximum absolute atomic E-state index is 14.0. The van der Waals surface area contributed by atoms with Gasteiger partial charge in [0.2, 0.25) is 11.7 Å². The van der Waals surface area contributed by atoms with Crippen LogP contribution in [0.1, 0.15) is 5.56 Å². The van der Waals surface area contributed by atoms with Gasteiger partial charge in [-0.25, -0.2) is 22.0 Å². The van der Waals surface area contributed by atoms with Gasteiger partial charge in [0.05, 0.1) is 0 Å². The monoisotopic (exact) mass is 441 g/mol. The number of anilines is 1. The molecule has 10 heteroatoms. The summed E-state index contributed by atoms with van der Waals surface area (Å²) in [5, 5.41) is 2.62. The first-order valence-electron chi connectivity index (χ1n) is 8.89. The Labute approximate surface area is 174 Å². The molecule has 3 rings (SSSR count). The second kappa shape index (κ2) is 9.21. The highest BCUT2D eigenvalue weighted by Crippen LogP contribution is 2.30. The average Bonchev–Trinajstić information content (AvgIpc) is 2.76. The molecule has 1 N–H and O–H groups in total. The second-order valence-electron chi connectivity index (χ2n) is 6.43. The van der Waals surface area contributed by atoms with E-state index in [1.807, 2.05) is 30.3 Å². The number of carbonyl (C=O) groups is 1. The molecule has 2 aromatic carbocycles. The topological polar surface area (TPSA) is 35.6 Å². The lowest BCUT2D eigenvalue weighted by Gasteiger charge is -2.37. The number of piperazine rings is 1. The third-order valence-electron chi connectivity index (χ3n) is 4.53. The summed E-state index contributed by atoms with van der Waals surface area (Å²) in [4.78, 5) is 14.6. The first-order chi connectivity index (χ1) is 14.3. The molecule has 0 radical (unpaired) electrons. The van der Waals surface area contributed by atoms with Gasteiger partial charge in [-0.05, 0) is 23.9 Å². The molecule has 1 heterocycles. The van der Waals surface area contributed by atoms with Crippen LogP contribution in [-0.4, -0.2) is 42.1 Å². The van der Waals surface area contributed by atoms with Gasteiger partial charge in [-0.15, -0.1) is 0 Å². The van der Waals surface area contributed by atoms with Crippen molar-refractivity contribution in [3.8, 4) is 0 Å². The highest BCUT2D eigenvalue weighted by Gasteiger charge is 2.31. The molecule has 0 aliphatic carbocycles. The number of benzene rings is 2. The highest BCUT2D eigenvalue weighted by atomic mass is 32.1. The summed E-state index contributed by atoms with van der Waals surface area (Å²) in [6.45, 7) is 0.157. The van der Waals surface area contributed by atoms with Crippen LogP contribution in [0.15, 0.2) is 36.4 Å². The van der Waals surface area contributed by atoms with Gasteiger partial charge in [-0.2, -0.15) is 0 Å². The Morgan fingerprint density at radius 3 is 1.97 bits per heavy atom. The van der Waals surface area contributed by atoms with E-state index in [1.54, 1.807) is 11.0 Å². The van der Waals surface area contributed by atoms with Crippen LogP contribution in [-0.2, 0) is 4.79 Å². The number of halogens is 5. The van der Waals surface area contributed by atoms with E-state index < -0.39 is 40.7 Å². The Bertz CT molecular complexity index is 963. The standard InChI is InChI=1S/C20H16F5N3OS/c21-14-15(22)17(24)19(18(25)16(14)23)27-8-10-28(11-9-27)20(30)26-13(29)7-6-12-4-2-1-3-5-12/h1-7H,8-11H2,(H,26,29,30). The first kappa shape index (κ1) is 21.7. The Morgan fingerprint density at radius 2 is 1.40 bits per heavy atom. The lowest BCUT2D eigenvalue weighted by Crippen LogP contribution is -2.53. The predicted octanol–water partition coefficient (Wildman–Crippen LogP) is 3.62. The molecule has 4 nitrogen and oxygen atoms in total. The minimum Gasteiger partial charge on any atom is -0.363 e. The number of nitrogens with one attached hydrogen (secondary N) is 1. The summed E-state index contributed by atoms with van der Waals surface area (Å²) < 4.78 is 68.0. The van der Waals surface area contributed by atoms with Crippen LogP contribution in [0, 0.1) is 29.1 Å². The lowest BCUT2D eigenvalue weighted by molar-refractivity contribution is -0.115. The van der Waals surface area contributed by atoms with E-state index in [0.29, 0.717) is 0 Å². The van der Waals surface area contributed by atoms with Gasteiger partial charge in [0.15, 0.2) is 28.4 Å². The predicted molar refractivity (Wildman–Crippen MR) is 106 cm³/mol. The number of rotatable bonds is 3. The number of thiocarbonyl (C=S) groups is 1. The molecule has 1 fully saturated rings. The summed E-state index contributed by atoms with van der Waals surface area (Å²) in [6.07, 6.45) is 2.92. The SMILES string of the molecule is O=C(C=Cc1ccccc1)NC(=S)N1CCN(c2c(F)c(F)c(F)c(F)c2F)CC1. The number of nitrogens with zero attached hydrogens (tertiary/aromatic N) is 2. The maximum atomic E-state index is 14.0. The molecular formula is C20H16F5N3OS. The van der Waals surface area contributed by atoms with Crippen LogP contribution in [0.4, 0.5) is 27.6 Å². The Kier molecular flexibility index (Phi) is 6.66. The Balaban J connectivity index is 1.60. The molecule has 1 aliphatic rings. The molecule has 30 heavy (non-hydrogen) atoms. The quantitative estimate of drug-likeness (QED) is 0.260. The molecule has 1 amide bonds. The zero-order valence-corrected chi connectivity index (χ0v) is 16.3. The molecule has 0 aromatic heterocycles. The number of hydrogen-bond acceptors (Lipinski definition) is 3. The van der Waals surface area contributed by atoms with Crippen LogP contribution in [0.25, 0.3) is 6.08 Å². The maximum Gasteiger partial charge on any atom is 0.250 e. The molecular weight excluding hydrogens is 425 g/mol. The van der Waals surface area contributed by atoms with Gasteiger partial charge in [-0.3, -0.25) is 10.1 Å². The zero-order valence-electron chi connectivity index (χ0n) is 15.5. The van der Waals surface area contributed by atoms with E-state index in [-0.39, 0.29) is 31.3 Å². The molecule has 0 unspecified atom stereocenters. The summed E-state index contributed by atoms with van der Waals surface area (Å²) >= 11 is 5.17. The van der Waals surface area contributed by atoms with Crippen molar-refractivity contribution >= 4 is 35.0 Å². The molecule has 158 valence electrons. The first-order valence-corrected chi connectivity index (χ1v) is 9.29. The van der Waals surface area contributed by atoms with Crippen LogP contribution >= 0.6 is 12.2 Å². The summed E-state index contributed by atoms with van der Waals surface area (Å²) in [7, 11) is 0.